The van der Waals surface area contributed by atoms with Gasteiger partial charge in [0.05, 0.1) is 22.3 Å². The summed E-state index contributed by atoms with van der Waals surface area (Å²) in [5.74, 6) is -0.747. The van der Waals surface area contributed by atoms with Crippen molar-refractivity contribution in [3.63, 3.8) is 0 Å². The molecule has 3 nitrogen and oxygen atoms in total. The summed E-state index contributed by atoms with van der Waals surface area (Å²) >= 11 is 1.82. The van der Waals surface area contributed by atoms with Crippen molar-refractivity contribution < 1.29 is 13.9 Å². The lowest BCUT2D eigenvalue weighted by molar-refractivity contribution is -0.142. The van der Waals surface area contributed by atoms with Crippen LogP contribution in [0.5, 0.6) is 0 Å². The summed E-state index contributed by atoms with van der Waals surface area (Å²) < 4.78 is 18.1. The quantitative estimate of drug-likeness (QED) is 0.633. The molecule has 1 heterocycles. The summed E-state index contributed by atoms with van der Waals surface area (Å²) in [4.78, 5) is 15.0. The van der Waals surface area contributed by atoms with Crippen LogP contribution >= 0.6 is 22.6 Å². The third kappa shape index (κ3) is 2.90. The van der Waals surface area contributed by atoms with Crippen LogP contribution in [0.15, 0.2) is 12.3 Å². The molecule has 0 aliphatic rings. The number of pyridine rings is 1. The van der Waals surface area contributed by atoms with E-state index in [1.807, 2.05) is 22.6 Å². The van der Waals surface area contributed by atoms with Crippen molar-refractivity contribution in [2.75, 3.05) is 6.61 Å². The van der Waals surface area contributed by atoms with E-state index in [0.717, 1.165) is 0 Å². The summed E-state index contributed by atoms with van der Waals surface area (Å²) in [5.41, 5.74) is 0.420. The van der Waals surface area contributed by atoms with Gasteiger partial charge in [-0.15, -0.1) is 0 Å². The Balaban J connectivity index is 2.76. The number of carbonyl (C=O) groups is 1. The van der Waals surface area contributed by atoms with Crippen molar-refractivity contribution in [2.45, 2.75) is 13.3 Å². The third-order valence-corrected chi connectivity index (χ3v) is 2.67. The molecule has 0 aliphatic heterocycles. The fourth-order valence-electron chi connectivity index (χ4n) is 0.932. The van der Waals surface area contributed by atoms with Crippen LogP contribution in [0.1, 0.15) is 12.6 Å². The van der Waals surface area contributed by atoms with Crippen LogP contribution in [0, 0.1) is 9.39 Å². The summed E-state index contributed by atoms with van der Waals surface area (Å²) in [6, 6.07) is 1.26. The number of carbonyl (C=O) groups excluding carboxylic acids is 1. The molecule has 1 aromatic rings. The van der Waals surface area contributed by atoms with E-state index < -0.39 is 0 Å². The highest BCUT2D eigenvalue weighted by Gasteiger charge is 2.11. The van der Waals surface area contributed by atoms with E-state index in [0.29, 0.717) is 15.9 Å². The zero-order valence-electron chi connectivity index (χ0n) is 7.59. The molecule has 0 N–H and O–H groups in total. The van der Waals surface area contributed by atoms with Gasteiger partial charge in [-0.25, -0.2) is 4.39 Å². The van der Waals surface area contributed by atoms with E-state index in [2.05, 4.69) is 4.98 Å². The molecular formula is C9H9FINO2. The van der Waals surface area contributed by atoms with Gasteiger partial charge in [0.1, 0.15) is 5.82 Å². The van der Waals surface area contributed by atoms with Gasteiger partial charge in [-0.3, -0.25) is 9.78 Å². The molecule has 76 valence electrons. The van der Waals surface area contributed by atoms with Crippen LogP contribution in [0.25, 0.3) is 0 Å². The summed E-state index contributed by atoms with van der Waals surface area (Å²) in [5, 5.41) is 0. The second-order valence-electron chi connectivity index (χ2n) is 2.54. The largest absolute Gasteiger partial charge is 0.466 e. The smallest absolute Gasteiger partial charge is 0.311 e. The highest BCUT2D eigenvalue weighted by molar-refractivity contribution is 14.1. The number of esters is 1. The predicted octanol–water partition coefficient (Wildman–Crippen LogP) is 1.93. The molecular weight excluding hydrogens is 300 g/mol. The van der Waals surface area contributed by atoms with Gasteiger partial charge in [0.15, 0.2) is 0 Å². The molecule has 0 saturated carbocycles. The molecule has 0 amide bonds. The fourth-order valence-corrected chi connectivity index (χ4v) is 1.44. The topological polar surface area (TPSA) is 39.2 Å². The van der Waals surface area contributed by atoms with Gasteiger partial charge in [0.2, 0.25) is 0 Å². The Bertz CT molecular complexity index is 344. The standard InChI is InChI=1S/C9H9FINO2/c1-2-14-8(13)5-7-9(11)6(10)3-4-12-7/h3-4H,2,5H2,1H3. The SMILES string of the molecule is CCOC(=O)Cc1nccc(F)c1I. The van der Waals surface area contributed by atoms with E-state index in [1.54, 1.807) is 6.92 Å². The molecule has 0 unspecified atom stereocenters. The summed E-state index contributed by atoms with van der Waals surface area (Å²) in [7, 11) is 0. The Kier molecular flexibility index (Phi) is 4.24. The average molecular weight is 309 g/mol. The fraction of sp³-hybridized carbons (Fsp3) is 0.333. The Morgan fingerprint density at radius 2 is 2.43 bits per heavy atom. The predicted molar refractivity (Wildman–Crippen MR) is 57.2 cm³/mol. The zero-order chi connectivity index (χ0) is 10.6. The van der Waals surface area contributed by atoms with Crippen LogP contribution in [-0.4, -0.2) is 17.6 Å². The van der Waals surface area contributed by atoms with Gasteiger partial charge >= 0.3 is 5.97 Å². The third-order valence-electron chi connectivity index (χ3n) is 1.53. The lowest BCUT2D eigenvalue weighted by Gasteiger charge is -2.03. The van der Waals surface area contributed by atoms with Crippen molar-refractivity contribution in [1.29, 1.82) is 0 Å². The molecule has 0 radical (unpaired) electrons. The van der Waals surface area contributed by atoms with Crippen molar-refractivity contribution >= 4 is 28.6 Å². The molecule has 5 heteroatoms. The van der Waals surface area contributed by atoms with E-state index in [9.17, 15) is 9.18 Å². The Hall–Kier alpha value is -0.720. The van der Waals surface area contributed by atoms with E-state index in [1.165, 1.54) is 12.3 Å². The van der Waals surface area contributed by atoms with E-state index >= 15 is 0 Å². The molecule has 0 atom stereocenters. The first-order chi connectivity index (χ1) is 6.65. The number of aromatic nitrogens is 1. The monoisotopic (exact) mass is 309 g/mol. The number of ether oxygens (including phenoxy) is 1. The summed E-state index contributed by atoms with van der Waals surface area (Å²) in [6.07, 6.45) is 1.36. The molecule has 1 aromatic heterocycles. The molecule has 0 aromatic carbocycles. The van der Waals surface area contributed by atoms with Crippen LogP contribution in [0.4, 0.5) is 4.39 Å². The molecule has 0 aliphatic carbocycles. The van der Waals surface area contributed by atoms with Gasteiger partial charge in [-0.05, 0) is 35.6 Å². The van der Waals surface area contributed by atoms with Gasteiger partial charge in [0.25, 0.3) is 0 Å². The maximum Gasteiger partial charge on any atom is 0.311 e. The lowest BCUT2D eigenvalue weighted by Crippen LogP contribution is -2.10. The first-order valence-corrected chi connectivity index (χ1v) is 5.17. The lowest BCUT2D eigenvalue weighted by atomic mass is 10.3. The minimum absolute atomic E-state index is 0.0177. The van der Waals surface area contributed by atoms with Crippen LogP contribution in [0.3, 0.4) is 0 Å². The van der Waals surface area contributed by atoms with Crippen molar-refractivity contribution in [1.82, 2.24) is 4.98 Å². The van der Waals surface area contributed by atoms with Gasteiger partial charge in [0, 0.05) is 6.20 Å². The number of nitrogens with zero attached hydrogens (tertiary/aromatic N) is 1. The highest BCUT2D eigenvalue weighted by atomic mass is 127. The van der Waals surface area contributed by atoms with E-state index in [-0.39, 0.29) is 18.2 Å². The molecule has 0 fully saturated rings. The number of hydrogen-bond acceptors (Lipinski definition) is 3. The van der Waals surface area contributed by atoms with Crippen molar-refractivity contribution in [3.8, 4) is 0 Å². The Morgan fingerprint density at radius 3 is 3.07 bits per heavy atom. The molecule has 1 rings (SSSR count). The van der Waals surface area contributed by atoms with Crippen LogP contribution in [0.2, 0.25) is 0 Å². The van der Waals surface area contributed by atoms with Crippen LogP contribution < -0.4 is 0 Å². The van der Waals surface area contributed by atoms with Gasteiger partial charge < -0.3 is 4.74 Å². The van der Waals surface area contributed by atoms with Gasteiger partial charge in [-0.1, -0.05) is 0 Å². The maximum atomic E-state index is 13.0. The molecule has 14 heavy (non-hydrogen) atoms. The Morgan fingerprint density at radius 1 is 1.71 bits per heavy atom. The second-order valence-corrected chi connectivity index (χ2v) is 3.61. The van der Waals surface area contributed by atoms with E-state index in [4.69, 9.17) is 4.74 Å². The van der Waals surface area contributed by atoms with Crippen molar-refractivity contribution in [3.05, 3.63) is 27.3 Å². The minimum atomic E-state index is -0.386. The van der Waals surface area contributed by atoms with Crippen molar-refractivity contribution in [2.24, 2.45) is 0 Å². The highest BCUT2D eigenvalue weighted by Crippen LogP contribution is 2.14. The van der Waals surface area contributed by atoms with Crippen LogP contribution in [-0.2, 0) is 16.0 Å². The first-order valence-electron chi connectivity index (χ1n) is 4.09. The zero-order valence-corrected chi connectivity index (χ0v) is 9.75. The minimum Gasteiger partial charge on any atom is -0.466 e. The average Bonchev–Trinajstić information content (AvgIpc) is 2.13. The second kappa shape index (κ2) is 5.23. The number of hydrogen-bond donors (Lipinski definition) is 0. The number of rotatable bonds is 3. The number of halogens is 2. The first kappa shape index (κ1) is 11.4. The molecule has 0 spiro atoms. The summed E-state index contributed by atoms with van der Waals surface area (Å²) in [6.45, 7) is 2.05. The maximum absolute atomic E-state index is 13.0. The van der Waals surface area contributed by atoms with Gasteiger partial charge in [-0.2, -0.15) is 0 Å². The molecule has 0 saturated heterocycles. The molecule has 0 bridgehead atoms. The normalized spacial score (nSPS) is 9.93. The Labute approximate surface area is 94.8 Å².